The molecule has 58 valence electrons. The standard InChI is InChI=1S/C8H7FOS/c1-6(10)11-8-4-2-7(9)3-5-8/h2-5H,1H3. The zero-order chi connectivity index (χ0) is 8.27. The summed E-state index contributed by atoms with van der Waals surface area (Å²) in [6, 6.07) is 5.85. The largest absolute Gasteiger partial charge is 0.287 e. The van der Waals surface area contributed by atoms with Crippen molar-refractivity contribution in [2.45, 2.75) is 11.8 Å². The van der Waals surface area contributed by atoms with Crippen LogP contribution in [0.25, 0.3) is 0 Å². The van der Waals surface area contributed by atoms with Gasteiger partial charge in [0.2, 0.25) is 0 Å². The van der Waals surface area contributed by atoms with E-state index in [2.05, 4.69) is 0 Å². The van der Waals surface area contributed by atoms with Crippen LogP contribution in [-0.4, -0.2) is 5.12 Å². The molecule has 0 atom stereocenters. The molecule has 11 heavy (non-hydrogen) atoms. The first kappa shape index (κ1) is 8.27. The normalized spacial score (nSPS) is 9.64. The highest BCUT2D eigenvalue weighted by molar-refractivity contribution is 8.13. The highest BCUT2D eigenvalue weighted by atomic mass is 32.2. The van der Waals surface area contributed by atoms with Gasteiger partial charge in [-0.15, -0.1) is 0 Å². The van der Waals surface area contributed by atoms with Gasteiger partial charge in [0, 0.05) is 11.8 Å². The Morgan fingerprint density at radius 2 is 1.91 bits per heavy atom. The van der Waals surface area contributed by atoms with Crippen LogP contribution in [0.1, 0.15) is 6.92 Å². The van der Waals surface area contributed by atoms with E-state index in [0.29, 0.717) is 0 Å². The van der Waals surface area contributed by atoms with Gasteiger partial charge in [-0.2, -0.15) is 0 Å². The lowest BCUT2D eigenvalue weighted by Crippen LogP contribution is -1.80. The maximum atomic E-state index is 12.3. The minimum atomic E-state index is -0.280. The number of hydrogen-bond donors (Lipinski definition) is 0. The third kappa shape index (κ3) is 2.72. The second-order valence-corrected chi connectivity index (χ2v) is 3.30. The van der Waals surface area contributed by atoms with Crippen molar-refractivity contribution in [3.63, 3.8) is 0 Å². The van der Waals surface area contributed by atoms with E-state index >= 15 is 0 Å². The van der Waals surface area contributed by atoms with Crippen molar-refractivity contribution in [1.82, 2.24) is 0 Å². The van der Waals surface area contributed by atoms with Crippen LogP contribution in [0.2, 0.25) is 0 Å². The number of carbonyl (C=O) groups excluding carboxylic acids is 1. The van der Waals surface area contributed by atoms with Crippen LogP contribution >= 0.6 is 11.8 Å². The van der Waals surface area contributed by atoms with Gasteiger partial charge in [0.25, 0.3) is 0 Å². The molecular formula is C8H7FOS. The Balaban J connectivity index is 2.74. The molecule has 0 unspecified atom stereocenters. The van der Waals surface area contributed by atoms with Gasteiger partial charge in [0.05, 0.1) is 0 Å². The van der Waals surface area contributed by atoms with Crippen LogP contribution in [0, 0.1) is 5.82 Å². The van der Waals surface area contributed by atoms with Crippen LogP contribution in [0.15, 0.2) is 29.2 Å². The molecule has 0 radical (unpaired) electrons. The molecule has 1 aromatic carbocycles. The first-order chi connectivity index (χ1) is 5.18. The topological polar surface area (TPSA) is 17.1 Å². The molecule has 0 saturated carbocycles. The molecule has 0 fully saturated rings. The zero-order valence-electron chi connectivity index (χ0n) is 6.00. The first-order valence-electron chi connectivity index (χ1n) is 3.12. The molecule has 0 amide bonds. The number of rotatable bonds is 1. The molecule has 1 nitrogen and oxygen atoms in total. The Hall–Kier alpha value is -0.830. The van der Waals surface area contributed by atoms with Crippen LogP contribution < -0.4 is 0 Å². The van der Waals surface area contributed by atoms with Gasteiger partial charge >= 0.3 is 0 Å². The SMILES string of the molecule is CC(=O)Sc1ccc(F)cc1. The molecule has 0 saturated heterocycles. The van der Waals surface area contributed by atoms with Crippen molar-refractivity contribution in [3.8, 4) is 0 Å². The van der Waals surface area contributed by atoms with E-state index in [1.165, 1.54) is 19.1 Å². The van der Waals surface area contributed by atoms with Crippen LogP contribution in [-0.2, 0) is 4.79 Å². The molecule has 0 aliphatic heterocycles. The van der Waals surface area contributed by atoms with Gasteiger partial charge in [-0.3, -0.25) is 4.79 Å². The molecule has 0 aliphatic rings. The number of halogens is 1. The smallest absolute Gasteiger partial charge is 0.190 e. The predicted octanol–water partition coefficient (Wildman–Crippen LogP) is 2.46. The third-order valence-corrected chi connectivity index (χ3v) is 1.87. The van der Waals surface area contributed by atoms with E-state index in [0.717, 1.165) is 16.7 Å². The summed E-state index contributed by atoms with van der Waals surface area (Å²) < 4.78 is 12.3. The summed E-state index contributed by atoms with van der Waals surface area (Å²) in [4.78, 5) is 11.3. The fraction of sp³-hybridized carbons (Fsp3) is 0.125. The molecular weight excluding hydrogens is 163 g/mol. The minimum absolute atomic E-state index is 0.0107. The lowest BCUT2D eigenvalue weighted by atomic mass is 10.4. The van der Waals surface area contributed by atoms with E-state index < -0.39 is 0 Å². The summed E-state index contributed by atoms with van der Waals surface area (Å²) >= 11 is 1.10. The summed E-state index contributed by atoms with van der Waals surface area (Å²) in [5, 5.41) is 0.0107. The Labute approximate surface area is 68.6 Å². The van der Waals surface area contributed by atoms with Crippen molar-refractivity contribution in [3.05, 3.63) is 30.1 Å². The first-order valence-corrected chi connectivity index (χ1v) is 3.94. The van der Waals surface area contributed by atoms with Crippen molar-refractivity contribution >= 4 is 16.9 Å². The van der Waals surface area contributed by atoms with E-state index in [-0.39, 0.29) is 10.9 Å². The summed E-state index contributed by atoms with van der Waals surface area (Å²) in [6.07, 6.45) is 0. The van der Waals surface area contributed by atoms with E-state index in [4.69, 9.17) is 0 Å². The Bertz CT molecular complexity index is 255. The van der Waals surface area contributed by atoms with Gasteiger partial charge < -0.3 is 0 Å². The molecule has 0 bridgehead atoms. The van der Waals surface area contributed by atoms with E-state index in [1.807, 2.05) is 0 Å². The zero-order valence-corrected chi connectivity index (χ0v) is 6.82. The molecule has 0 heterocycles. The third-order valence-electron chi connectivity index (χ3n) is 1.08. The maximum Gasteiger partial charge on any atom is 0.190 e. The fourth-order valence-electron chi connectivity index (χ4n) is 0.669. The number of carbonyl (C=O) groups is 1. The lowest BCUT2D eigenvalue weighted by Gasteiger charge is -1.94. The van der Waals surface area contributed by atoms with Crippen LogP contribution in [0.3, 0.4) is 0 Å². The lowest BCUT2D eigenvalue weighted by molar-refractivity contribution is -0.109. The summed E-state index contributed by atoms with van der Waals surface area (Å²) in [6.45, 7) is 1.48. The monoisotopic (exact) mass is 170 g/mol. The highest BCUT2D eigenvalue weighted by Crippen LogP contribution is 2.17. The van der Waals surface area contributed by atoms with Crippen molar-refractivity contribution in [1.29, 1.82) is 0 Å². The van der Waals surface area contributed by atoms with Crippen molar-refractivity contribution in [2.24, 2.45) is 0 Å². The maximum absolute atomic E-state index is 12.3. The number of hydrogen-bond acceptors (Lipinski definition) is 2. The molecule has 0 N–H and O–H groups in total. The summed E-state index contributed by atoms with van der Waals surface area (Å²) in [7, 11) is 0. The fourth-order valence-corrected chi connectivity index (χ4v) is 1.27. The quantitative estimate of drug-likeness (QED) is 0.602. The Morgan fingerprint density at radius 3 is 2.36 bits per heavy atom. The van der Waals surface area contributed by atoms with E-state index in [1.54, 1.807) is 12.1 Å². The molecule has 0 aromatic heterocycles. The predicted molar refractivity (Wildman–Crippen MR) is 42.9 cm³/mol. The summed E-state index contributed by atoms with van der Waals surface area (Å²) in [5.41, 5.74) is 0. The van der Waals surface area contributed by atoms with Crippen LogP contribution in [0.4, 0.5) is 4.39 Å². The molecule has 1 rings (SSSR count). The average molecular weight is 170 g/mol. The highest BCUT2D eigenvalue weighted by Gasteiger charge is 1.97. The second kappa shape index (κ2) is 3.53. The molecule has 0 aliphatic carbocycles. The Kier molecular flexibility index (Phi) is 2.65. The molecule has 1 aromatic rings. The van der Waals surface area contributed by atoms with Crippen molar-refractivity contribution in [2.75, 3.05) is 0 Å². The number of thioether (sulfide) groups is 1. The van der Waals surface area contributed by atoms with Crippen LogP contribution in [0.5, 0.6) is 0 Å². The molecule has 0 spiro atoms. The van der Waals surface area contributed by atoms with Gasteiger partial charge in [-0.1, -0.05) is 11.8 Å². The average Bonchev–Trinajstić information content (AvgIpc) is 1.93. The second-order valence-electron chi connectivity index (χ2n) is 2.05. The minimum Gasteiger partial charge on any atom is -0.287 e. The van der Waals surface area contributed by atoms with Crippen molar-refractivity contribution < 1.29 is 9.18 Å². The number of benzene rings is 1. The van der Waals surface area contributed by atoms with Gasteiger partial charge in [0.15, 0.2) is 5.12 Å². The Morgan fingerprint density at radius 1 is 1.36 bits per heavy atom. The molecule has 3 heteroatoms. The van der Waals surface area contributed by atoms with Gasteiger partial charge in [-0.05, 0) is 24.3 Å². The van der Waals surface area contributed by atoms with E-state index in [9.17, 15) is 9.18 Å². The van der Waals surface area contributed by atoms with Gasteiger partial charge in [0.1, 0.15) is 5.82 Å². The van der Waals surface area contributed by atoms with Gasteiger partial charge in [-0.25, -0.2) is 4.39 Å². The summed E-state index contributed by atoms with van der Waals surface area (Å²) in [5.74, 6) is -0.280.